The highest BCUT2D eigenvalue weighted by Crippen LogP contribution is 2.35. The average molecular weight is 390 g/mol. The number of cyclic esters (lactones) is 1. The van der Waals surface area contributed by atoms with Crippen molar-refractivity contribution in [2.75, 3.05) is 12.3 Å². The van der Waals surface area contributed by atoms with Gasteiger partial charge in [-0.15, -0.1) is 11.8 Å². The highest BCUT2D eigenvalue weighted by atomic mass is 32.2. The Morgan fingerprint density at radius 2 is 2.19 bits per heavy atom. The van der Waals surface area contributed by atoms with Crippen molar-refractivity contribution >= 4 is 36.0 Å². The Hall–Kier alpha value is -1.81. The van der Waals surface area contributed by atoms with Crippen LogP contribution in [-0.2, 0) is 28.7 Å². The lowest BCUT2D eigenvalue weighted by Crippen LogP contribution is -2.45. The molecule has 0 bridgehead atoms. The number of primary amides is 1. The fourth-order valence-corrected chi connectivity index (χ4v) is 3.54. The molecule has 0 saturated carbocycles. The van der Waals surface area contributed by atoms with E-state index in [1.54, 1.807) is 13.8 Å². The van der Waals surface area contributed by atoms with Gasteiger partial charge in [-0.3, -0.25) is 19.6 Å². The van der Waals surface area contributed by atoms with Gasteiger partial charge in [-0.1, -0.05) is 19.8 Å². The van der Waals surface area contributed by atoms with Gasteiger partial charge in [0.15, 0.2) is 6.10 Å². The monoisotopic (exact) mass is 390 g/mol. The first-order valence-electron chi connectivity index (χ1n) is 8.37. The number of nitrogens with zero attached hydrogens (tertiary/aromatic N) is 1. The summed E-state index contributed by atoms with van der Waals surface area (Å²) < 4.78 is 9.61. The molecular weight excluding hydrogens is 364 g/mol. The molecule has 1 fully saturated rings. The van der Waals surface area contributed by atoms with Gasteiger partial charge >= 0.3 is 11.9 Å². The van der Waals surface area contributed by atoms with E-state index in [0.29, 0.717) is 17.9 Å². The quantitative estimate of drug-likeness (QED) is 0.251. The molecule has 1 heterocycles. The fourth-order valence-electron chi connectivity index (χ4n) is 2.43. The summed E-state index contributed by atoms with van der Waals surface area (Å²) in [6.07, 6.45) is -0.248. The fraction of sp³-hybridized carbons (Fsp3) is 0.750. The predicted molar refractivity (Wildman–Crippen MR) is 93.1 cm³/mol. The van der Waals surface area contributed by atoms with Gasteiger partial charge in [0.2, 0.25) is 12.5 Å². The summed E-state index contributed by atoms with van der Waals surface area (Å²) >= 11 is 1.24. The second-order valence-corrected chi connectivity index (χ2v) is 8.30. The number of carbonyl (C=O) groups is 4. The lowest BCUT2D eigenvalue weighted by atomic mass is 10.0. The van der Waals surface area contributed by atoms with Crippen LogP contribution in [0.4, 0.5) is 0 Å². The third kappa shape index (κ3) is 6.17. The third-order valence-corrected chi connectivity index (χ3v) is 5.46. The van der Waals surface area contributed by atoms with Gasteiger partial charge in [-0.2, -0.15) is 0 Å². The highest BCUT2D eigenvalue weighted by molar-refractivity contribution is 8.00. The summed E-state index contributed by atoms with van der Waals surface area (Å²) in [7, 11) is 0. The van der Waals surface area contributed by atoms with Crippen molar-refractivity contribution < 1.29 is 33.9 Å². The lowest BCUT2D eigenvalue weighted by Gasteiger charge is -2.30. The van der Waals surface area contributed by atoms with Gasteiger partial charge in [-0.25, -0.2) is 9.86 Å². The van der Waals surface area contributed by atoms with Gasteiger partial charge in [-0.05, 0) is 20.3 Å². The zero-order chi connectivity index (χ0) is 19.9. The number of thioether (sulfide) groups is 1. The summed E-state index contributed by atoms with van der Waals surface area (Å²) in [5, 5.41) is 9.76. The van der Waals surface area contributed by atoms with Gasteiger partial charge in [0.25, 0.3) is 5.91 Å². The lowest BCUT2D eigenvalue weighted by molar-refractivity contribution is -0.178. The molecule has 3 N–H and O–H groups in total. The minimum absolute atomic E-state index is 0.164. The van der Waals surface area contributed by atoms with Gasteiger partial charge in [0, 0.05) is 5.75 Å². The first kappa shape index (κ1) is 22.2. The van der Waals surface area contributed by atoms with Crippen LogP contribution in [0.1, 0.15) is 40.0 Å². The maximum absolute atomic E-state index is 12.5. The summed E-state index contributed by atoms with van der Waals surface area (Å²) in [6.45, 7) is 5.10. The molecule has 2 amide bonds. The normalized spacial score (nSPS) is 23.3. The van der Waals surface area contributed by atoms with E-state index in [-0.39, 0.29) is 18.7 Å². The van der Waals surface area contributed by atoms with E-state index in [2.05, 4.69) is 0 Å². The second-order valence-electron chi connectivity index (χ2n) is 6.63. The van der Waals surface area contributed by atoms with E-state index in [1.807, 2.05) is 6.92 Å². The van der Waals surface area contributed by atoms with Gasteiger partial charge in [0.1, 0.15) is 0 Å². The van der Waals surface area contributed by atoms with Crippen LogP contribution in [-0.4, -0.2) is 63.8 Å². The average Bonchev–Trinajstić information content (AvgIpc) is 2.68. The zero-order valence-corrected chi connectivity index (χ0v) is 16.0. The van der Waals surface area contributed by atoms with Crippen molar-refractivity contribution in [3.05, 3.63) is 0 Å². The zero-order valence-electron chi connectivity index (χ0n) is 15.2. The molecule has 0 aromatic heterocycles. The predicted octanol–water partition coefficient (Wildman–Crippen LogP) is 0.475. The number of nitrogens with two attached hydrogens (primary N) is 1. The highest BCUT2D eigenvalue weighted by Gasteiger charge is 2.46. The van der Waals surface area contributed by atoms with E-state index in [9.17, 15) is 24.4 Å². The van der Waals surface area contributed by atoms with Crippen LogP contribution in [0.5, 0.6) is 0 Å². The molecule has 26 heavy (non-hydrogen) atoms. The topological polar surface area (TPSA) is 136 Å². The molecule has 0 aromatic carbocycles. The first-order valence-corrected chi connectivity index (χ1v) is 9.36. The molecule has 0 aromatic rings. The van der Waals surface area contributed by atoms with E-state index >= 15 is 0 Å². The van der Waals surface area contributed by atoms with E-state index in [0.717, 1.165) is 6.42 Å². The van der Waals surface area contributed by atoms with Crippen LogP contribution in [0.25, 0.3) is 0 Å². The van der Waals surface area contributed by atoms with Crippen LogP contribution in [0.15, 0.2) is 0 Å². The summed E-state index contributed by atoms with van der Waals surface area (Å²) in [5.74, 6) is -2.95. The number of hydrogen-bond acceptors (Lipinski definition) is 8. The number of hydrogen-bond donors (Lipinski definition) is 2. The summed E-state index contributed by atoms with van der Waals surface area (Å²) in [6, 6.07) is 0. The van der Waals surface area contributed by atoms with Crippen LogP contribution in [0.3, 0.4) is 0 Å². The molecule has 148 valence electrons. The maximum Gasteiger partial charge on any atom is 0.349 e. The third-order valence-electron chi connectivity index (χ3n) is 4.03. The van der Waals surface area contributed by atoms with Crippen LogP contribution < -0.4 is 5.73 Å². The van der Waals surface area contributed by atoms with Gasteiger partial charge < -0.3 is 15.2 Å². The van der Waals surface area contributed by atoms with E-state index < -0.39 is 40.7 Å². The van der Waals surface area contributed by atoms with Gasteiger partial charge in [0.05, 0.1) is 17.2 Å². The molecule has 0 spiro atoms. The SMILES string of the molecule is CCCCC(CN(O)C=O)C(=O)OC1C(=O)OC(C(N)=O)CSC1(C)C. The number of esters is 2. The molecule has 10 heteroatoms. The number of amides is 2. The number of ether oxygens (including phenoxy) is 2. The van der Waals surface area contributed by atoms with Crippen molar-refractivity contribution in [2.24, 2.45) is 11.7 Å². The van der Waals surface area contributed by atoms with Crippen LogP contribution in [0, 0.1) is 5.92 Å². The molecule has 1 aliphatic heterocycles. The van der Waals surface area contributed by atoms with Crippen molar-refractivity contribution in [1.82, 2.24) is 5.06 Å². The molecular formula is C16H26N2O7S. The Labute approximate surface area is 156 Å². The second kappa shape index (κ2) is 9.77. The molecule has 1 aliphatic rings. The molecule has 0 aliphatic carbocycles. The van der Waals surface area contributed by atoms with Crippen molar-refractivity contribution in [3.8, 4) is 0 Å². The first-order chi connectivity index (χ1) is 12.1. The Morgan fingerprint density at radius 3 is 2.73 bits per heavy atom. The number of unbranched alkanes of at least 4 members (excludes halogenated alkanes) is 1. The number of rotatable bonds is 9. The van der Waals surface area contributed by atoms with Crippen molar-refractivity contribution in [1.29, 1.82) is 0 Å². The van der Waals surface area contributed by atoms with Crippen LogP contribution >= 0.6 is 11.8 Å². The smallest absolute Gasteiger partial charge is 0.349 e. The Morgan fingerprint density at radius 1 is 1.54 bits per heavy atom. The Bertz CT molecular complexity index is 541. The van der Waals surface area contributed by atoms with Crippen molar-refractivity contribution in [3.63, 3.8) is 0 Å². The van der Waals surface area contributed by atoms with Crippen LogP contribution in [0.2, 0.25) is 0 Å². The van der Waals surface area contributed by atoms with Crippen molar-refractivity contribution in [2.45, 2.75) is 57.0 Å². The Balaban J connectivity index is 2.92. The summed E-state index contributed by atoms with van der Waals surface area (Å²) in [4.78, 5) is 46.9. The molecule has 1 rings (SSSR count). The maximum atomic E-state index is 12.5. The minimum atomic E-state index is -1.24. The number of carbonyl (C=O) groups excluding carboxylic acids is 4. The standard InChI is InChI=1S/C16H26N2O7S/c1-4-5-6-10(7-18(23)9-19)14(21)25-12-15(22)24-11(13(17)20)8-26-16(12,2)3/h9-12,23H,4-8H2,1-3H3,(H2,17,20). The number of hydroxylamine groups is 2. The molecule has 0 radical (unpaired) electrons. The largest absolute Gasteiger partial charge is 0.449 e. The summed E-state index contributed by atoms with van der Waals surface area (Å²) in [5.41, 5.74) is 5.20. The van der Waals surface area contributed by atoms with E-state index in [1.165, 1.54) is 11.8 Å². The molecule has 1 saturated heterocycles. The molecule has 9 nitrogen and oxygen atoms in total. The van der Waals surface area contributed by atoms with E-state index in [4.69, 9.17) is 15.2 Å². The Kier molecular flexibility index (Phi) is 8.35. The molecule has 3 unspecified atom stereocenters. The minimum Gasteiger partial charge on any atom is -0.449 e. The molecule has 3 atom stereocenters.